The molecule has 0 aliphatic carbocycles. The van der Waals surface area contributed by atoms with Crippen molar-refractivity contribution in [1.82, 2.24) is 5.32 Å². The average molecular weight is 290 g/mol. The minimum Gasteiger partial charge on any atom is -0.382 e. The third-order valence-electron chi connectivity index (χ3n) is 4.07. The summed E-state index contributed by atoms with van der Waals surface area (Å²) in [4.78, 5) is 11.9. The predicted molar refractivity (Wildman–Crippen MR) is 91.0 cm³/mol. The number of rotatable bonds is 8. The molecule has 1 amide bonds. The summed E-state index contributed by atoms with van der Waals surface area (Å²) < 4.78 is 0. The second kappa shape index (κ2) is 8.71. The van der Waals surface area contributed by atoms with Gasteiger partial charge >= 0.3 is 0 Å². The Hall–Kier alpha value is -1.51. The molecule has 0 heterocycles. The molecule has 0 saturated heterocycles. The Morgan fingerprint density at radius 2 is 1.90 bits per heavy atom. The monoisotopic (exact) mass is 290 g/mol. The van der Waals surface area contributed by atoms with Crippen LogP contribution in [0.4, 0.5) is 5.69 Å². The van der Waals surface area contributed by atoms with Gasteiger partial charge in [0.1, 0.15) is 0 Å². The molecule has 1 aromatic carbocycles. The highest BCUT2D eigenvalue weighted by molar-refractivity contribution is 5.95. The molecule has 0 saturated carbocycles. The van der Waals surface area contributed by atoms with Crippen molar-refractivity contribution in [2.45, 2.75) is 59.9 Å². The van der Waals surface area contributed by atoms with Crippen LogP contribution < -0.4 is 10.6 Å². The van der Waals surface area contributed by atoms with Gasteiger partial charge in [0, 0.05) is 23.8 Å². The predicted octanol–water partition coefficient (Wildman–Crippen LogP) is 4.37. The molecule has 0 fully saturated rings. The second-order valence-electron chi connectivity index (χ2n) is 5.89. The zero-order valence-electron chi connectivity index (χ0n) is 14.1. The maximum atomic E-state index is 11.9. The minimum atomic E-state index is -0.00414. The fourth-order valence-electron chi connectivity index (χ4n) is 2.38. The van der Waals surface area contributed by atoms with Crippen LogP contribution in [0.1, 0.15) is 62.9 Å². The molecule has 3 heteroatoms. The molecule has 1 aromatic rings. The van der Waals surface area contributed by atoms with Gasteiger partial charge in [-0.15, -0.1) is 0 Å². The Bertz CT molecular complexity index is 457. The van der Waals surface area contributed by atoms with Gasteiger partial charge in [-0.3, -0.25) is 4.79 Å². The molecule has 0 aromatic heterocycles. The van der Waals surface area contributed by atoms with Crippen molar-refractivity contribution < 1.29 is 4.79 Å². The van der Waals surface area contributed by atoms with E-state index < -0.39 is 0 Å². The number of hydrogen-bond acceptors (Lipinski definition) is 2. The van der Waals surface area contributed by atoms with Crippen molar-refractivity contribution in [3.05, 3.63) is 29.3 Å². The van der Waals surface area contributed by atoms with Gasteiger partial charge in [0.05, 0.1) is 0 Å². The number of amides is 1. The van der Waals surface area contributed by atoms with E-state index in [1.807, 2.05) is 25.1 Å². The van der Waals surface area contributed by atoms with E-state index in [1.165, 1.54) is 12.0 Å². The number of carbonyl (C=O) groups excluding carboxylic acids is 1. The molecule has 1 rings (SSSR count). The van der Waals surface area contributed by atoms with Gasteiger partial charge in [-0.1, -0.05) is 33.3 Å². The van der Waals surface area contributed by atoms with Gasteiger partial charge in [0.2, 0.25) is 0 Å². The van der Waals surface area contributed by atoms with Crippen LogP contribution in [0.2, 0.25) is 0 Å². The molecule has 2 N–H and O–H groups in total. The minimum absolute atomic E-state index is 0.00414. The van der Waals surface area contributed by atoms with Crippen molar-refractivity contribution in [1.29, 1.82) is 0 Å². The highest BCUT2D eigenvalue weighted by atomic mass is 16.1. The molecule has 0 aliphatic heterocycles. The summed E-state index contributed by atoms with van der Waals surface area (Å²) in [6.45, 7) is 11.4. The van der Waals surface area contributed by atoms with Gasteiger partial charge in [-0.05, 0) is 50.3 Å². The van der Waals surface area contributed by atoms with E-state index in [2.05, 4.69) is 38.3 Å². The summed E-state index contributed by atoms with van der Waals surface area (Å²) in [6, 6.07) is 6.34. The SMILES string of the molecule is CCNC(=O)c1ccc(C)c(NC(CC)CC(C)CC)c1. The second-order valence-corrected chi connectivity index (χ2v) is 5.89. The zero-order valence-corrected chi connectivity index (χ0v) is 14.1. The van der Waals surface area contributed by atoms with E-state index in [0.717, 1.165) is 24.1 Å². The maximum Gasteiger partial charge on any atom is 0.251 e. The number of carbonyl (C=O) groups is 1. The number of aryl methyl sites for hydroxylation is 1. The van der Waals surface area contributed by atoms with Gasteiger partial charge in [-0.25, -0.2) is 0 Å². The number of benzene rings is 1. The van der Waals surface area contributed by atoms with E-state index in [9.17, 15) is 4.79 Å². The molecule has 0 spiro atoms. The van der Waals surface area contributed by atoms with Gasteiger partial charge < -0.3 is 10.6 Å². The first kappa shape index (κ1) is 17.5. The Balaban J connectivity index is 2.85. The van der Waals surface area contributed by atoms with Crippen molar-refractivity contribution in [3.63, 3.8) is 0 Å². The normalized spacial score (nSPS) is 13.6. The van der Waals surface area contributed by atoms with Crippen LogP contribution in [0.5, 0.6) is 0 Å². The van der Waals surface area contributed by atoms with Crippen LogP contribution in [0, 0.1) is 12.8 Å². The van der Waals surface area contributed by atoms with Gasteiger partial charge in [0.25, 0.3) is 5.91 Å². The van der Waals surface area contributed by atoms with E-state index in [-0.39, 0.29) is 5.91 Å². The standard InChI is InChI=1S/C18H30N2O/c1-6-13(4)11-16(7-2)20-17-12-15(10-9-14(17)5)18(21)19-8-3/h9-10,12-13,16,20H,6-8,11H2,1-5H3,(H,19,21). The summed E-state index contributed by atoms with van der Waals surface area (Å²) in [5.74, 6) is 0.713. The molecular weight excluding hydrogens is 260 g/mol. The van der Waals surface area contributed by atoms with Crippen LogP contribution in [0.15, 0.2) is 18.2 Å². The van der Waals surface area contributed by atoms with E-state index in [1.54, 1.807) is 0 Å². The topological polar surface area (TPSA) is 41.1 Å². The summed E-state index contributed by atoms with van der Waals surface area (Å²) in [5.41, 5.74) is 2.99. The van der Waals surface area contributed by atoms with Crippen LogP contribution >= 0.6 is 0 Å². The lowest BCUT2D eigenvalue weighted by atomic mass is 9.97. The summed E-state index contributed by atoms with van der Waals surface area (Å²) >= 11 is 0. The third kappa shape index (κ3) is 5.41. The molecule has 0 aliphatic rings. The van der Waals surface area contributed by atoms with Crippen molar-refractivity contribution in [2.75, 3.05) is 11.9 Å². The van der Waals surface area contributed by atoms with Crippen LogP contribution in [0.3, 0.4) is 0 Å². The fraction of sp³-hybridized carbons (Fsp3) is 0.611. The first-order chi connectivity index (χ1) is 10.0. The molecule has 21 heavy (non-hydrogen) atoms. The summed E-state index contributed by atoms with van der Waals surface area (Å²) in [6.07, 6.45) is 3.46. The number of nitrogens with one attached hydrogen (secondary N) is 2. The Kier molecular flexibility index (Phi) is 7.27. The Labute approximate surface area is 129 Å². The quantitative estimate of drug-likeness (QED) is 0.746. The lowest BCUT2D eigenvalue weighted by Crippen LogP contribution is -2.24. The van der Waals surface area contributed by atoms with Crippen molar-refractivity contribution in [3.8, 4) is 0 Å². The first-order valence-electron chi connectivity index (χ1n) is 8.17. The van der Waals surface area contributed by atoms with Gasteiger partial charge in [-0.2, -0.15) is 0 Å². The van der Waals surface area contributed by atoms with E-state index in [4.69, 9.17) is 0 Å². The lowest BCUT2D eigenvalue weighted by Gasteiger charge is -2.23. The van der Waals surface area contributed by atoms with Crippen LogP contribution in [0.25, 0.3) is 0 Å². The molecule has 2 atom stereocenters. The van der Waals surface area contributed by atoms with Crippen molar-refractivity contribution >= 4 is 11.6 Å². The maximum absolute atomic E-state index is 11.9. The summed E-state index contributed by atoms with van der Waals surface area (Å²) in [7, 11) is 0. The molecule has 0 bridgehead atoms. The number of hydrogen-bond donors (Lipinski definition) is 2. The molecule has 0 radical (unpaired) electrons. The van der Waals surface area contributed by atoms with Gasteiger partial charge in [0.15, 0.2) is 0 Å². The van der Waals surface area contributed by atoms with E-state index >= 15 is 0 Å². The Morgan fingerprint density at radius 3 is 2.48 bits per heavy atom. The Morgan fingerprint density at radius 1 is 1.19 bits per heavy atom. The largest absolute Gasteiger partial charge is 0.382 e. The van der Waals surface area contributed by atoms with E-state index in [0.29, 0.717) is 18.5 Å². The third-order valence-corrected chi connectivity index (χ3v) is 4.07. The highest BCUT2D eigenvalue weighted by Crippen LogP contribution is 2.22. The molecule has 2 unspecified atom stereocenters. The molecule has 3 nitrogen and oxygen atoms in total. The first-order valence-corrected chi connectivity index (χ1v) is 8.17. The van der Waals surface area contributed by atoms with Crippen molar-refractivity contribution in [2.24, 2.45) is 5.92 Å². The number of anilines is 1. The van der Waals surface area contributed by atoms with Crippen LogP contribution in [-0.4, -0.2) is 18.5 Å². The molecular formula is C18H30N2O. The molecule has 118 valence electrons. The zero-order chi connectivity index (χ0) is 15.8. The van der Waals surface area contributed by atoms with Crippen LogP contribution in [-0.2, 0) is 0 Å². The fourth-order valence-corrected chi connectivity index (χ4v) is 2.38. The average Bonchev–Trinajstić information content (AvgIpc) is 2.48. The smallest absolute Gasteiger partial charge is 0.251 e. The summed E-state index contributed by atoms with van der Waals surface area (Å²) in [5, 5.41) is 6.47. The lowest BCUT2D eigenvalue weighted by molar-refractivity contribution is 0.0956. The highest BCUT2D eigenvalue weighted by Gasteiger charge is 2.13.